The fourth-order valence-corrected chi connectivity index (χ4v) is 4.57. The van der Waals surface area contributed by atoms with E-state index in [0.717, 1.165) is 42.0 Å². The smallest absolute Gasteiger partial charge is 0.343 e. The summed E-state index contributed by atoms with van der Waals surface area (Å²) in [6, 6.07) is 27.3. The van der Waals surface area contributed by atoms with Crippen LogP contribution in [-0.4, -0.2) is 5.97 Å². The molecule has 1 aliphatic carbocycles. The molecule has 0 saturated heterocycles. The molecule has 4 heteroatoms. The molecule has 0 aromatic heterocycles. The van der Waals surface area contributed by atoms with E-state index in [1.54, 1.807) is 24.3 Å². The molecular weight excluding hydrogens is 403 g/mol. The largest absolute Gasteiger partial charge is 0.479 e. The minimum atomic E-state index is -0.635. The third-order valence-electron chi connectivity index (χ3n) is 6.12. The third kappa shape index (κ3) is 3.84. The molecule has 0 N–H and O–H groups in total. The second kappa shape index (κ2) is 8.46. The molecule has 32 heavy (non-hydrogen) atoms. The van der Waals surface area contributed by atoms with Crippen molar-refractivity contribution in [3.05, 3.63) is 108 Å². The first-order valence-corrected chi connectivity index (χ1v) is 10.9. The zero-order chi connectivity index (χ0) is 22.0. The highest BCUT2D eigenvalue weighted by atomic mass is 19.1. The molecular formula is C28H23FO3. The predicted octanol–water partition coefficient (Wildman–Crippen LogP) is 7.05. The van der Waals surface area contributed by atoms with Gasteiger partial charge in [-0.3, -0.25) is 0 Å². The number of fused-ring (bicyclic) bond motifs is 1. The monoisotopic (exact) mass is 426 g/mol. The Morgan fingerprint density at radius 3 is 2.34 bits per heavy atom. The fourth-order valence-electron chi connectivity index (χ4n) is 4.57. The van der Waals surface area contributed by atoms with E-state index in [2.05, 4.69) is 24.3 Å². The van der Waals surface area contributed by atoms with Gasteiger partial charge in [0.25, 0.3) is 0 Å². The first kappa shape index (κ1) is 20.3. The molecule has 0 amide bonds. The zero-order valence-electron chi connectivity index (χ0n) is 17.6. The first-order valence-electron chi connectivity index (χ1n) is 10.9. The van der Waals surface area contributed by atoms with Gasteiger partial charge in [-0.05, 0) is 66.8 Å². The topological polar surface area (TPSA) is 35.5 Å². The number of halogens is 1. The molecule has 0 atom stereocenters. The molecule has 3 nitrogen and oxygen atoms in total. The first-order chi connectivity index (χ1) is 15.6. The Morgan fingerprint density at radius 1 is 0.812 bits per heavy atom. The molecule has 5 rings (SSSR count). The van der Waals surface area contributed by atoms with Crippen molar-refractivity contribution in [2.45, 2.75) is 31.3 Å². The fraction of sp³-hybridized carbons (Fsp3) is 0.179. The maximum absolute atomic E-state index is 14.8. The maximum Gasteiger partial charge on any atom is 0.343 e. The van der Waals surface area contributed by atoms with Gasteiger partial charge in [0, 0.05) is 5.56 Å². The van der Waals surface area contributed by atoms with Crippen LogP contribution in [0.25, 0.3) is 10.8 Å². The third-order valence-corrected chi connectivity index (χ3v) is 6.12. The highest BCUT2D eigenvalue weighted by Gasteiger charge is 2.39. The average Bonchev–Trinajstić information content (AvgIpc) is 3.30. The van der Waals surface area contributed by atoms with Crippen LogP contribution in [-0.2, 0) is 5.60 Å². The van der Waals surface area contributed by atoms with Crippen LogP contribution in [0.5, 0.6) is 11.5 Å². The van der Waals surface area contributed by atoms with Gasteiger partial charge in [-0.2, -0.15) is 0 Å². The van der Waals surface area contributed by atoms with Crippen LogP contribution in [0.1, 0.15) is 41.6 Å². The van der Waals surface area contributed by atoms with Crippen molar-refractivity contribution in [2.24, 2.45) is 0 Å². The summed E-state index contributed by atoms with van der Waals surface area (Å²) in [6.07, 6.45) is 3.58. The molecule has 0 spiro atoms. The van der Waals surface area contributed by atoms with E-state index in [1.165, 1.54) is 18.2 Å². The van der Waals surface area contributed by atoms with Gasteiger partial charge in [0.15, 0.2) is 11.6 Å². The number of para-hydroxylation sites is 1. The van der Waals surface area contributed by atoms with Gasteiger partial charge in [-0.1, -0.05) is 60.7 Å². The van der Waals surface area contributed by atoms with Crippen LogP contribution >= 0.6 is 0 Å². The van der Waals surface area contributed by atoms with Gasteiger partial charge in [-0.25, -0.2) is 9.18 Å². The van der Waals surface area contributed by atoms with E-state index in [1.807, 2.05) is 24.3 Å². The Hall–Kier alpha value is -3.66. The Labute approximate surface area is 186 Å². The van der Waals surface area contributed by atoms with Crippen LogP contribution in [0.4, 0.5) is 4.39 Å². The van der Waals surface area contributed by atoms with Gasteiger partial charge in [0.05, 0.1) is 5.56 Å². The van der Waals surface area contributed by atoms with Crippen LogP contribution in [0.3, 0.4) is 0 Å². The molecule has 1 aliphatic rings. The molecule has 0 unspecified atom stereocenters. The van der Waals surface area contributed by atoms with E-state index >= 15 is 0 Å². The molecule has 4 aromatic carbocycles. The van der Waals surface area contributed by atoms with Gasteiger partial charge < -0.3 is 9.47 Å². The van der Waals surface area contributed by atoms with E-state index in [-0.39, 0.29) is 11.3 Å². The number of rotatable bonds is 5. The van der Waals surface area contributed by atoms with Gasteiger partial charge in [0.2, 0.25) is 0 Å². The van der Waals surface area contributed by atoms with E-state index in [0.29, 0.717) is 5.75 Å². The quantitative estimate of drug-likeness (QED) is 0.253. The Bertz CT molecular complexity index is 1250. The van der Waals surface area contributed by atoms with Gasteiger partial charge >= 0.3 is 5.97 Å². The van der Waals surface area contributed by atoms with E-state index in [4.69, 9.17) is 9.47 Å². The number of hydrogen-bond acceptors (Lipinski definition) is 3. The molecule has 0 radical (unpaired) electrons. The molecule has 0 bridgehead atoms. The summed E-state index contributed by atoms with van der Waals surface area (Å²) >= 11 is 0. The van der Waals surface area contributed by atoms with Crippen LogP contribution < -0.4 is 9.47 Å². The minimum absolute atomic E-state index is 0.0716. The summed E-state index contributed by atoms with van der Waals surface area (Å²) in [5, 5.41) is 2.23. The number of benzene rings is 4. The summed E-state index contributed by atoms with van der Waals surface area (Å²) in [7, 11) is 0. The van der Waals surface area contributed by atoms with Crippen molar-refractivity contribution in [3.63, 3.8) is 0 Å². The van der Waals surface area contributed by atoms with Crippen LogP contribution in [0.15, 0.2) is 91.0 Å². The lowest BCUT2D eigenvalue weighted by molar-refractivity contribution is 0.0682. The van der Waals surface area contributed by atoms with Crippen LogP contribution in [0, 0.1) is 5.82 Å². The lowest BCUT2D eigenvalue weighted by atomic mass is 9.87. The summed E-state index contributed by atoms with van der Waals surface area (Å²) in [5.74, 6) is -0.533. The van der Waals surface area contributed by atoms with E-state index < -0.39 is 17.4 Å². The second-order valence-electron chi connectivity index (χ2n) is 8.18. The minimum Gasteiger partial charge on any atom is -0.479 e. The number of carbonyl (C=O) groups excluding carboxylic acids is 1. The number of carbonyl (C=O) groups is 1. The van der Waals surface area contributed by atoms with Crippen molar-refractivity contribution in [1.82, 2.24) is 0 Å². The van der Waals surface area contributed by atoms with Gasteiger partial charge in [0.1, 0.15) is 11.4 Å². The maximum atomic E-state index is 14.8. The normalized spacial score (nSPS) is 14.9. The molecule has 0 aliphatic heterocycles. The zero-order valence-corrected chi connectivity index (χ0v) is 17.6. The summed E-state index contributed by atoms with van der Waals surface area (Å²) in [4.78, 5) is 12.6. The summed E-state index contributed by atoms with van der Waals surface area (Å²) in [5.41, 5.74) is 0.671. The van der Waals surface area contributed by atoms with Gasteiger partial charge in [-0.15, -0.1) is 0 Å². The molecule has 1 fully saturated rings. The standard InChI is InChI=1S/C28H23FO3/c29-25-16-15-21(27(30)31-22-11-2-1-3-12-22)19-26(25)32-28(17-6-7-18-28)24-14-8-10-20-9-4-5-13-23(20)24/h1-5,8-16,19H,6-7,17-18H2. The van der Waals surface area contributed by atoms with E-state index in [9.17, 15) is 9.18 Å². The van der Waals surface area contributed by atoms with Crippen molar-refractivity contribution in [2.75, 3.05) is 0 Å². The van der Waals surface area contributed by atoms with Crippen molar-refractivity contribution < 1.29 is 18.7 Å². The van der Waals surface area contributed by atoms with Crippen molar-refractivity contribution in [1.29, 1.82) is 0 Å². The predicted molar refractivity (Wildman–Crippen MR) is 123 cm³/mol. The Kier molecular flexibility index (Phi) is 5.36. The SMILES string of the molecule is O=C(Oc1ccccc1)c1ccc(F)c(OC2(c3cccc4ccccc34)CCCC2)c1. The Balaban J connectivity index is 1.50. The van der Waals surface area contributed by atoms with Crippen molar-refractivity contribution in [3.8, 4) is 11.5 Å². The lowest BCUT2D eigenvalue weighted by Crippen LogP contribution is -2.30. The second-order valence-corrected chi connectivity index (χ2v) is 8.18. The molecule has 4 aromatic rings. The highest BCUT2D eigenvalue weighted by Crippen LogP contribution is 2.45. The van der Waals surface area contributed by atoms with Crippen molar-refractivity contribution >= 4 is 16.7 Å². The number of hydrogen-bond donors (Lipinski definition) is 0. The molecule has 1 saturated carbocycles. The number of esters is 1. The summed E-state index contributed by atoms with van der Waals surface area (Å²) in [6.45, 7) is 0. The Morgan fingerprint density at radius 2 is 1.53 bits per heavy atom. The molecule has 0 heterocycles. The van der Waals surface area contributed by atoms with Crippen LogP contribution in [0.2, 0.25) is 0 Å². The number of ether oxygens (including phenoxy) is 2. The molecule has 160 valence electrons. The average molecular weight is 426 g/mol. The highest BCUT2D eigenvalue weighted by molar-refractivity contribution is 5.91. The lowest BCUT2D eigenvalue weighted by Gasteiger charge is -2.32. The summed E-state index contributed by atoms with van der Waals surface area (Å²) < 4.78 is 26.7.